The average Bonchev–Trinajstić information content (AvgIpc) is 3.49. The van der Waals surface area contributed by atoms with Crippen molar-refractivity contribution in [1.82, 2.24) is 0 Å². The van der Waals surface area contributed by atoms with Gasteiger partial charge in [0.05, 0.1) is 11.6 Å². The van der Waals surface area contributed by atoms with Crippen LogP contribution in [-0.4, -0.2) is 34.2 Å². The zero-order chi connectivity index (χ0) is 26.7. The van der Waals surface area contributed by atoms with E-state index in [2.05, 4.69) is 65.8 Å². The van der Waals surface area contributed by atoms with Gasteiger partial charge in [-0.15, -0.1) is 0 Å². The monoisotopic (exact) mass is 502 g/mol. The minimum Gasteiger partial charge on any atom is -0.507 e. The van der Waals surface area contributed by atoms with E-state index < -0.39 is 0 Å². The van der Waals surface area contributed by atoms with E-state index in [4.69, 9.17) is 9.98 Å². The molecule has 0 heterocycles. The molecule has 2 aromatic carbocycles. The number of hydrogen-bond donors (Lipinski definition) is 2. The molecule has 2 aliphatic rings. The molecule has 0 spiro atoms. The lowest BCUT2D eigenvalue weighted by molar-refractivity contribution is 0.367. The molecule has 0 saturated heterocycles. The highest BCUT2D eigenvalue weighted by Gasteiger charge is 2.52. The van der Waals surface area contributed by atoms with Gasteiger partial charge in [-0.25, -0.2) is 0 Å². The minimum absolute atomic E-state index is 0.102. The standard InChI is InChI=1S/C33H46N2O2/c1-7-21(5)26-14-24(9-3)31(36)28(16-26)19-34-30-13-23-11-12-33(30,18-23)35-20-29-17-27(22(6)8-2)15-25(10-4)32(29)37/h14-17,19-23,30,36-37H,7-13,18H2,1-6H3. The van der Waals surface area contributed by atoms with Gasteiger partial charge in [-0.3, -0.25) is 9.98 Å². The molecule has 4 rings (SSSR count). The normalized spacial score (nSPS) is 24.9. The Labute approximate surface area is 224 Å². The Balaban J connectivity index is 1.65. The Kier molecular flexibility index (Phi) is 8.46. The van der Waals surface area contributed by atoms with Crippen molar-refractivity contribution in [3.8, 4) is 11.5 Å². The maximum Gasteiger partial charge on any atom is 0.127 e. The van der Waals surface area contributed by atoms with Crippen LogP contribution in [0.4, 0.5) is 0 Å². The van der Waals surface area contributed by atoms with Crippen molar-refractivity contribution in [2.75, 3.05) is 0 Å². The van der Waals surface area contributed by atoms with E-state index in [9.17, 15) is 10.2 Å². The topological polar surface area (TPSA) is 65.2 Å². The van der Waals surface area contributed by atoms with Gasteiger partial charge in [0.1, 0.15) is 11.5 Å². The van der Waals surface area contributed by atoms with E-state index in [1.807, 2.05) is 12.4 Å². The minimum atomic E-state index is -0.218. The van der Waals surface area contributed by atoms with Crippen LogP contribution in [0.3, 0.4) is 0 Å². The van der Waals surface area contributed by atoms with Crippen molar-refractivity contribution in [3.05, 3.63) is 57.6 Å². The number of fused-ring (bicyclic) bond motifs is 2. The van der Waals surface area contributed by atoms with Crippen molar-refractivity contribution in [1.29, 1.82) is 0 Å². The maximum atomic E-state index is 10.9. The summed E-state index contributed by atoms with van der Waals surface area (Å²) in [6, 6.07) is 8.63. The summed E-state index contributed by atoms with van der Waals surface area (Å²) >= 11 is 0. The lowest BCUT2D eigenvalue weighted by Crippen LogP contribution is -2.34. The highest BCUT2D eigenvalue weighted by molar-refractivity contribution is 5.86. The number of rotatable bonds is 10. The van der Waals surface area contributed by atoms with Crippen molar-refractivity contribution >= 4 is 12.4 Å². The predicted molar refractivity (Wildman–Crippen MR) is 156 cm³/mol. The number of aryl methyl sites for hydroxylation is 2. The first-order valence-electron chi connectivity index (χ1n) is 14.5. The van der Waals surface area contributed by atoms with Crippen LogP contribution in [0.2, 0.25) is 0 Å². The molecular formula is C33H46N2O2. The first-order valence-corrected chi connectivity index (χ1v) is 14.5. The van der Waals surface area contributed by atoms with Crippen LogP contribution in [-0.2, 0) is 12.8 Å². The van der Waals surface area contributed by atoms with Crippen molar-refractivity contribution in [2.24, 2.45) is 15.9 Å². The Hall–Kier alpha value is -2.62. The van der Waals surface area contributed by atoms with E-state index >= 15 is 0 Å². The fraction of sp³-hybridized carbons (Fsp3) is 0.576. The van der Waals surface area contributed by atoms with Crippen LogP contribution in [0.15, 0.2) is 34.3 Å². The third-order valence-corrected chi connectivity index (χ3v) is 9.26. The largest absolute Gasteiger partial charge is 0.507 e. The van der Waals surface area contributed by atoms with Crippen LogP contribution < -0.4 is 0 Å². The summed E-state index contributed by atoms with van der Waals surface area (Å²) in [5.41, 5.74) is 5.95. The Morgan fingerprint density at radius 1 is 0.865 bits per heavy atom. The van der Waals surface area contributed by atoms with Gasteiger partial charge in [-0.1, -0.05) is 53.7 Å². The number of aromatic hydroxyl groups is 2. The first-order chi connectivity index (χ1) is 17.7. The van der Waals surface area contributed by atoms with Gasteiger partial charge in [-0.05, 0) is 104 Å². The first kappa shape index (κ1) is 27.4. The van der Waals surface area contributed by atoms with Crippen LogP contribution in [0.1, 0.15) is 125 Å². The molecule has 0 radical (unpaired) electrons. The third-order valence-electron chi connectivity index (χ3n) is 9.26. The molecular weight excluding hydrogens is 456 g/mol. The Bertz CT molecular complexity index is 1170. The molecule has 4 heteroatoms. The smallest absolute Gasteiger partial charge is 0.127 e. The van der Waals surface area contributed by atoms with Gasteiger partial charge < -0.3 is 10.2 Å². The number of hydrogen-bond acceptors (Lipinski definition) is 4. The predicted octanol–water partition coefficient (Wildman–Crippen LogP) is 8.10. The molecule has 0 aromatic heterocycles. The van der Waals surface area contributed by atoms with Gasteiger partial charge in [0.2, 0.25) is 0 Å². The molecule has 0 aliphatic heterocycles. The molecule has 5 atom stereocenters. The highest BCUT2D eigenvalue weighted by atomic mass is 16.3. The van der Waals surface area contributed by atoms with Crippen molar-refractivity contribution in [2.45, 2.75) is 116 Å². The molecule has 2 bridgehead atoms. The molecule has 2 saturated carbocycles. The van der Waals surface area contributed by atoms with Gasteiger partial charge in [0.25, 0.3) is 0 Å². The molecule has 37 heavy (non-hydrogen) atoms. The number of benzene rings is 2. The zero-order valence-electron chi connectivity index (χ0n) is 23.7. The molecule has 2 N–H and O–H groups in total. The average molecular weight is 503 g/mol. The lowest BCUT2D eigenvalue weighted by Gasteiger charge is -2.29. The van der Waals surface area contributed by atoms with Crippen LogP contribution >= 0.6 is 0 Å². The van der Waals surface area contributed by atoms with E-state index in [1.165, 1.54) is 17.5 Å². The summed E-state index contributed by atoms with van der Waals surface area (Å²) in [5, 5.41) is 21.9. The number of nitrogens with zero attached hydrogens (tertiary/aromatic N) is 2. The van der Waals surface area contributed by atoms with Gasteiger partial charge >= 0.3 is 0 Å². The van der Waals surface area contributed by atoms with Crippen molar-refractivity contribution in [3.63, 3.8) is 0 Å². The summed E-state index contributed by atoms with van der Waals surface area (Å²) in [5.74, 6) is 2.27. The van der Waals surface area contributed by atoms with Crippen LogP contribution in [0.5, 0.6) is 11.5 Å². The third kappa shape index (κ3) is 5.49. The molecule has 2 fully saturated rings. The number of phenols is 2. The second kappa shape index (κ2) is 11.4. The summed E-state index contributed by atoms with van der Waals surface area (Å²) in [7, 11) is 0. The van der Waals surface area contributed by atoms with Crippen molar-refractivity contribution < 1.29 is 10.2 Å². The molecule has 2 aromatic rings. The van der Waals surface area contributed by atoms with Gasteiger partial charge in [0.15, 0.2) is 0 Å². The van der Waals surface area contributed by atoms with Crippen LogP contribution in [0, 0.1) is 5.92 Å². The zero-order valence-corrected chi connectivity index (χ0v) is 23.7. The SMILES string of the molecule is CCc1cc(C(C)CC)cc(C=NC2CC3CCC2(N=Cc2cc(C(C)CC)cc(CC)c2O)C3)c1O. The molecule has 5 unspecified atom stereocenters. The van der Waals surface area contributed by atoms with E-state index in [0.717, 1.165) is 67.2 Å². The van der Waals surface area contributed by atoms with Gasteiger partial charge in [-0.2, -0.15) is 0 Å². The summed E-state index contributed by atoms with van der Waals surface area (Å²) < 4.78 is 0. The Morgan fingerprint density at radius 2 is 1.41 bits per heavy atom. The second-order valence-corrected chi connectivity index (χ2v) is 11.6. The van der Waals surface area contributed by atoms with E-state index in [1.54, 1.807) is 0 Å². The fourth-order valence-electron chi connectivity index (χ4n) is 6.23. The summed E-state index contributed by atoms with van der Waals surface area (Å²) in [4.78, 5) is 10.3. The van der Waals surface area contributed by atoms with Gasteiger partial charge in [0, 0.05) is 23.6 Å². The molecule has 2 aliphatic carbocycles. The molecule has 200 valence electrons. The van der Waals surface area contributed by atoms with Crippen LogP contribution in [0.25, 0.3) is 0 Å². The fourth-order valence-corrected chi connectivity index (χ4v) is 6.23. The highest BCUT2D eigenvalue weighted by Crippen LogP contribution is 2.51. The summed E-state index contributed by atoms with van der Waals surface area (Å²) in [6.07, 6.45) is 11.9. The quantitative estimate of drug-likeness (QED) is 0.322. The lowest BCUT2D eigenvalue weighted by atomic mass is 9.88. The Morgan fingerprint density at radius 3 is 1.89 bits per heavy atom. The van der Waals surface area contributed by atoms with E-state index in [0.29, 0.717) is 29.3 Å². The number of aliphatic imine (C=N–C) groups is 2. The van der Waals surface area contributed by atoms with E-state index in [-0.39, 0.29) is 11.6 Å². The second-order valence-electron chi connectivity index (χ2n) is 11.6. The summed E-state index contributed by atoms with van der Waals surface area (Å²) in [6.45, 7) is 13.1. The number of phenolic OH excluding ortho intramolecular Hbond substituents is 2. The molecule has 0 amide bonds. The molecule has 4 nitrogen and oxygen atoms in total. The maximum absolute atomic E-state index is 10.9.